The number of nitrogens with zero attached hydrogens (tertiary/aromatic N) is 1. The number of carbonyl (C=O) groups is 1. The molecule has 0 bridgehead atoms. The van der Waals surface area contributed by atoms with Gasteiger partial charge >= 0.3 is 0 Å². The van der Waals surface area contributed by atoms with Gasteiger partial charge in [-0.3, -0.25) is 9.79 Å². The number of amides is 1. The molecule has 0 saturated heterocycles. The van der Waals surface area contributed by atoms with Crippen molar-refractivity contribution in [1.82, 2.24) is 16.0 Å². The smallest absolute Gasteiger partial charge is 0.239 e. The van der Waals surface area contributed by atoms with E-state index >= 15 is 0 Å². The highest BCUT2D eigenvalue weighted by molar-refractivity contribution is 14.0. The Kier molecular flexibility index (Phi) is 9.45. The Balaban J connectivity index is 0.00000242. The minimum atomic E-state index is 0. The Bertz CT molecular complexity index is 458. The van der Waals surface area contributed by atoms with Crippen molar-refractivity contribution in [2.24, 2.45) is 4.99 Å². The van der Waals surface area contributed by atoms with Crippen LogP contribution in [0.4, 0.5) is 0 Å². The van der Waals surface area contributed by atoms with Crippen LogP contribution in [0.1, 0.15) is 37.7 Å². The van der Waals surface area contributed by atoms with Gasteiger partial charge in [0.05, 0.1) is 6.54 Å². The van der Waals surface area contributed by atoms with E-state index in [9.17, 15) is 4.79 Å². The Labute approximate surface area is 153 Å². The molecule has 1 fully saturated rings. The number of rotatable bonds is 5. The first kappa shape index (κ1) is 19.2. The van der Waals surface area contributed by atoms with Crippen LogP contribution in [0.15, 0.2) is 21.8 Å². The molecular formula is C15H25IN4OS. The van der Waals surface area contributed by atoms with Crippen molar-refractivity contribution < 1.29 is 4.79 Å². The summed E-state index contributed by atoms with van der Waals surface area (Å²) >= 11 is 1.67. The molecule has 0 atom stereocenters. The minimum Gasteiger partial charge on any atom is -0.352 e. The van der Waals surface area contributed by atoms with Crippen LogP contribution in [-0.2, 0) is 11.3 Å². The quantitative estimate of drug-likeness (QED) is 0.378. The third kappa shape index (κ3) is 6.95. The molecule has 1 aromatic rings. The minimum absolute atomic E-state index is 0. The Morgan fingerprint density at radius 2 is 2.09 bits per heavy atom. The molecule has 0 spiro atoms. The molecule has 1 saturated carbocycles. The number of hydrogen-bond donors (Lipinski definition) is 3. The van der Waals surface area contributed by atoms with Gasteiger partial charge in [-0.15, -0.1) is 24.0 Å². The molecule has 0 aromatic carbocycles. The van der Waals surface area contributed by atoms with Gasteiger partial charge in [0.2, 0.25) is 5.91 Å². The normalized spacial score (nSPS) is 15.8. The van der Waals surface area contributed by atoms with Crippen LogP contribution in [0.5, 0.6) is 0 Å². The van der Waals surface area contributed by atoms with E-state index < -0.39 is 0 Å². The number of hydrogen-bond acceptors (Lipinski definition) is 3. The highest BCUT2D eigenvalue weighted by atomic mass is 127. The molecule has 0 radical (unpaired) electrons. The molecule has 1 aliphatic rings. The first-order chi connectivity index (χ1) is 10.3. The second-order valence-corrected chi connectivity index (χ2v) is 6.09. The molecule has 1 aliphatic carbocycles. The first-order valence-electron chi connectivity index (χ1n) is 7.53. The Morgan fingerprint density at radius 1 is 1.32 bits per heavy atom. The fraction of sp³-hybridized carbons (Fsp3) is 0.600. The van der Waals surface area contributed by atoms with Gasteiger partial charge in [-0.05, 0) is 35.2 Å². The summed E-state index contributed by atoms with van der Waals surface area (Å²) in [5.41, 5.74) is 1.22. The Hall–Kier alpha value is -0.830. The van der Waals surface area contributed by atoms with Crippen molar-refractivity contribution in [3.8, 4) is 0 Å². The standard InChI is InChI=1S/C15H24N4OS.HI/c1-16-15(17-9-12-7-8-21-11-12)18-10-14(20)19-13-5-3-2-4-6-13;/h7-8,11,13H,2-6,9-10H2,1H3,(H,19,20)(H2,16,17,18);1H. The molecule has 7 heteroatoms. The van der Waals surface area contributed by atoms with E-state index in [-0.39, 0.29) is 36.4 Å². The van der Waals surface area contributed by atoms with Gasteiger partial charge in [0.25, 0.3) is 0 Å². The van der Waals surface area contributed by atoms with E-state index in [1.807, 2.05) is 5.38 Å². The van der Waals surface area contributed by atoms with Gasteiger partial charge in [-0.25, -0.2) is 0 Å². The molecule has 0 unspecified atom stereocenters. The van der Waals surface area contributed by atoms with E-state index in [1.54, 1.807) is 18.4 Å². The van der Waals surface area contributed by atoms with Crippen LogP contribution in [0.25, 0.3) is 0 Å². The number of nitrogens with one attached hydrogen (secondary N) is 3. The van der Waals surface area contributed by atoms with E-state index in [2.05, 4.69) is 32.4 Å². The number of guanidine groups is 1. The molecule has 124 valence electrons. The summed E-state index contributed by atoms with van der Waals surface area (Å²) in [4.78, 5) is 16.0. The number of thiophene rings is 1. The molecule has 2 rings (SSSR count). The molecule has 3 N–H and O–H groups in total. The number of aliphatic imine (C=N–C) groups is 1. The summed E-state index contributed by atoms with van der Waals surface area (Å²) in [5.74, 6) is 0.695. The van der Waals surface area contributed by atoms with Crippen LogP contribution >= 0.6 is 35.3 Å². The third-order valence-electron chi connectivity index (χ3n) is 3.65. The van der Waals surface area contributed by atoms with Gasteiger partial charge < -0.3 is 16.0 Å². The van der Waals surface area contributed by atoms with Crippen LogP contribution in [0, 0.1) is 0 Å². The lowest BCUT2D eigenvalue weighted by Crippen LogP contribution is -2.45. The SMILES string of the molecule is CN=C(NCC(=O)NC1CCCCC1)NCc1ccsc1.I. The van der Waals surface area contributed by atoms with Crippen LogP contribution in [-0.4, -0.2) is 31.5 Å². The van der Waals surface area contributed by atoms with Crippen molar-refractivity contribution in [3.05, 3.63) is 22.4 Å². The highest BCUT2D eigenvalue weighted by Crippen LogP contribution is 2.17. The maximum Gasteiger partial charge on any atom is 0.239 e. The van der Waals surface area contributed by atoms with E-state index in [0.717, 1.165) is 12.8 Å². The summed E-state index contributed by atoms with van der Waals surface area (Å²) in [6.45, 7) is 0.979. The zero-order valence-electron chi connectivity index (χ0n) is 12.9. The molecule has 1 amide bonds. The van der Waals surface area contributed by atoms with Crippen molar-refractivity contribution in [3.63, 3.8) is 0 Å². The van der Waals surface area contributed by atoms with Gasteiger partial charge in [-0.1, -0.05) is 19.3 Å². The molecule has 1 heterocycles. The van der Waals surface area contributed by atoms with Crippen molar-refractivity contribution in [2.45, 2.75) is 44.7 Å². The van der Waals surface area contributed by atoms with Crippen molar-refractivity contribution in [2.75, 3.05) is 13.6 Å². The van der Waals surface area contributed by atoms with Gasteiger partial charge in [0.15, 0.2) is 5.96 Å². The lowest BCUT2D eigenvalue weighted by Gasteiger charge is -2.23. The summed E-state index contributed by atoms with van der Waals surface area (Å²) in [6.07, 6.45) is 5.96. The predicted molar refractivity (Wildman–Crippen MR) is 103 cm³/mol. The van der Waals surface area contributed by atoms with Crippen LogP contribution < -0.4 is 16.0 Å². The van der Waals surface area contributed by atoms with E-state index in [4.69, 9.17) is 0 Å². The van der Waals surface area contributed by atoms with Crippen molar-refractivity contribution in [1.29, 1.82) is 0 Å². The molecule has 5 nitrogen and oxygen atoms in total. The van der Waals surface area contributed by atoms with Gasteiger partial charge in [0, 0.05) is 19.6 Å². The second-order valence-electron chi connectivity index (χ2n) is 5.31. The zero-order chi connectivity index (χ0) is 14.9. The van der Waals surface area contributed by atoms with Gasteiger partial charge in [0.1, 0.15) is 0 Å². The average molecular weight is 436 g/mol. The summed E-state index contributed by atoms with van der Waals surface area (Å²) < 4.78 is 0. The highest BCUT2D eigenvalue weighted by Gasteiger charge is 2.15. The zero-order valence-corrected chi connectivity index (χ0v) is 16.1. The molecular weight excluding hydrogens is 411 g/mol. The maximum atomic E-state index is 11.9. The summed E-state index contributed by atoms with van der Waals surface area (Å²) in [7, 11) is 1.71. The lowest BCUT2D eigenvalue weighted by molar-refractivity contribution is -0.120. The fourth-order valence-corrected chi connectivity index (χ4v) is 3.16. The fourth-order valence-electron chi connectivity index (χ4n) is 2.49. The average Bonchev–Trinajstić information content (AvgIpc) is 3.02. The van der Waals surface area contributed by atoms with E-state index in [1.165, 1.54) is 24.8 Å². The molecule has 22 heavy (non-hydrogen) atoms. The lowest BCUT2D eigenvalue weighted by atomic mass is 9.95. The van der Waals surface area contributed by atoms with Crippen molar-refractivity contribution >= 4 is 47.2 Å². The Morgan fingerprint density at radius 3 is 2.73 bits per heavy atom. The molecule has 1 aromatic heterocycles. The first-order valence-corrected chi connectivity index (χ1v) is 8.47. The largest absolute Gasteiger partial charge is 0.352 e. The topological polar surface area (TPSA) is 65.5 Å². The molecule has 0 aliphatic heterocycles. The summed E-state index contributed by atoms with van der Waals surface area (Å²) in [6, 6.07) is 2.43. The van der Waals surface area contributed by atoms with Crippen LogP contribution in [0.3, 0.4) is 0 Å². The number of halogens is 1. The second kappa shape index (κ2) is 10.8. The summed E-state index contributed by atoms with van der Waals surface area (Å²) in [5, 5.41) is 13.5. The predicted octanol–water partition coefficient (Wildman–Crippen LogP) is 2.48. The van der Waals surface area contributed by atoms with E-state index in [0.29, 0.717) is 18.5 Å². The van der Waals surface area contributed by atoms with Crippen LogP contribution in [0.2, 0.25) is 0 Å². The number of carbonyl (C=O) groups excluding carboxylic acids is 1. The third-order valence-corrected chi connectivity index (χ3v) is 4.38. The monoisotopic (exact) mass is 436 g/mol. The maximum absolute atomic E-state index is 11.9. The van der Waals surface area contributed by atoms with Gasteiger partial charge in [-0.2, -0.15) is 11.3 Å².